The summed E-state index contributed by atoms with van der Waals surface area (Å²) in [5.41, 5.74) is 8.76. The van der Waals surface area contributed by atoms with Crippen LogP contribution in [0.15, 0.2) is 24.3 Å². The number of aryl methyl sites for hydroxylation is 1. The Morgan fingerprint density at radius 2 is 1.89 bits per heavy atom. The Hall–Kier alpha value is -0.860. The molecule has 1 aromatic carbocycles. The van der Waals surface area contributed by atoms with E-state index in [-0.39, 0.29) is 0 Å². The second kappa shape index (κ2) is 5.02. The van der Waals surface area contributed by atoms with Crippen LogP contribution < -0.4 is 5.73 Å². The van der Waals surface area contributed by atoms with Crippen LogP contribution in [0.5, 0.6) is 0 Å². The highest BCUT2D eigenvalue weighted by Crippen LogP contribution is 2.44. The molecule has 2 aliphatic rings. The molecule has 0 bridgehead atoms. The van der Waals surface area contributed by atoms with Gasteiger partial charge in [-0.2, -0.15) is 0 Å². The Balaban J connectivity index is 1.60. The molecular formula is C16H24N2. The number of nitrogens with zero attached hydrogens (tertiary/aromatic N) is 1. The molecule has 2 nitrogen and oxygen atoms in total. The third-order valence-electron chi connectivity index (χ3n) is 4.61. The number of benzene rings is 1. The monoisotopic (exact) mass is 244 g/mol. The maximum Gasteiger partial charge on any atom is 0.0110 e. The molecular weight excluding hydrogens is 220 g/mol. The van der Waals surface area contributed by atoms with Gasteiger partial charge in [0.15, 0.2) is 0 Å². The highest BCUT2D eigenvalue weighted by Gasteiger charge is 2.40. The van der Waals surface area contributed by atoms with Crippen LogP contribution in [0.25, 0.3) is 0 Å². The van der Waals surface area contributed by atoms with Gasteiger partial charge in [-0.05, 0) is 49.7 Å². The Kier molecular flexibility index (Phi) is 3.40. The number of nitrogens with two attached hydrogens (primary N) is 1. The molecule has 0 aliphatic heterocycles. The molecule has 0 spiro atoms. The quantitative estimate of drug-likeness (QED) is 0.863. The van der Waals surface area contributed by atoms with Gasteiger partial charge < -0.3 is 5.73 Å². The first-order chi connectivity index (χ1) is 8.79. The second-order valence-corrected chi connectivity index (χ2v) is 5.94. The van der Waals surface area contributed by atoms with Gasteiger partial charge in [-0.15, -0.1) is 0 Å². The zero-order chi connectivity index (χ0) is 12.5. The summed E-state index contributed by atoms with van der Waals surface area (Å²) in [4.78, 5) is 2.68. The number of rotatable bonds is 5. The van der Waals surface area contributed by atoms with Gasteiger partial charge in [0.1, 0.15) is 0 Å². The van der Waals surface area contributed by atoms with Crippen LogP contribution in [-0.4, -0.2) is 30.1 Å². The van der Waals surface area contributed by atoms with Crippen LogP contribution in [0.2, 0.25) is 0 Å². The van der Waals surface area contributed by atoms with Crippen molar-refractivity contribution in [3.05, 3.63) is 35.4 Å². The molecule has 98 valence electrons. The van der Waals surface area contributed by atoms with Crippen LogP contribution in [0, 0.1) is 6.92 Å². The first-order valence-electron chi connectivity index (χ1n) is 7.31. The lowest BCUT2D eigenvalue weighted by Gasteiger charge is -2.44. The fourth-order valence-electron chi connectivity index (χ4n) is 3.38. The molecule has 2 fully saturated rings. The lowest BCUT2D eigenvalue weighted by molar-refractivity contribution is 0.104. The summed E-state index contributed by atoms with van der Waals surface area (Å²) in [6.07, 6.45) is 5.46. The molecule has 0 amide bonds. The van der Waals surface area contributed by atoms with Crippen molar-refractivity contribution in [3.8, 4) is 0 Å². The van der Waals surface area contributed by atoms with E-state index in [1.807, 2.05) is 0 Å². The van der Waals surface area contributed by atoms with Gasteiger partial charge in [-0.25, -0.2) is 0 Å². The van der Waals surface area contributed by atoms with Crippen LogP contribution in [0.4, 0.5) is 0 Å². The fourth-order valence-corrected chi connectivity index (χ4v) is 3.38. The summed E-state index contributed by atoms with van der Waals surface area (Å²) >= 11 is 0. The first-order valence-corrected chi connectivity index (χ1v) is 7.31. The van der Waals surface area contributed by atoms with Crippen LogP contribution in [0.3, 0.4) is 0 Å². The lowest BCUT2D eigenvalue weighted by Crippen LogP contribution is -2.47. The number of hydrogen-bond donors (Lipinski definition) is 1. The molecule has 0 heterocycles. The van der Waals surface area contributed by atoms with Gasteiger partial charge in [0.25, 0.3) is 0 Å². The van der Waals surface area contributed by atoms with Crippen molar-refractivity contribution in [1.82, 2.24) is 4.90 Å². The third kappa shape index (κ3) is 2.32. The van der Waals surface area contributed by atoms with Crippen molar-refractivity contribution in [2.45, 2.75) is 50.6 Å². The maximum atomic E-state index is 5.74. The molecule has 2 N–H and O–H groups in total. The van der Waals surface area contributed by atoms with Gasteiger partial charge in [-0.1, -0.05) is 24.3 Å². The van der Waals surface area contributed by atoms with Crippen molar-refractivity contribution >= 4 is 0 Å². The smallest absolute Gasteiger partial charge is 0.0110 e. The van der Waals surface area contributed by atoms with Crippen molar-refractivity contribution in [3.63, 3.8) is 0 Å². The molecule has 2 heteroatoms. The zero-order valence-corrected chi connectivity index (χ0v) is 11.3. The van der Waals surface area contributed by atoms with Crippen LogP contribution in [-0.2, 0) is 0 Å². The van der Waals surface area contributed by atoms with Gasteiger partial charge in [0.05, 0.1) is 0 Å². The van der Waals surface area contributed by atoms with E-state index in [9.17, 15) is 0 Å². The molecule has 2 saturated carbocycles. The minimum atomic E-state index is 0.787. The van der Waals surface area contributed by atoms with E-state index in [0.29, 0.717) is 0 Å². The molecule has 3 rings (SSSR count). The van der Waals surface area contributed by atoms with Crippen molar-refractivity contribution < 1.29 is 0 Å². The predicted octanol–water partition coefficient (Wildman–Crippen LogP) is 2.66. The van der Waals surface area contributed by atoms with Crippen molar-refractivity contribution in [1.29, 1.82) is 0 Å². The second-order valence-electron chi connectivity index (χ2n) is 5.94. The average molecular weight is 244 g/mol. The minimum Gasteiger partial charge on any atom is -0.329 e. The summed E-state index contributed by atoms with van der Waals surface area (Å²) in [7, 11) is 0. The Morgan fingerprint density at radius 1 is 1.17 bits per heavy atom. The first kappa shape index (κ1) is 12.2. The van der Waals surface area contributed by atoms with Crippen molar-refractivity contribution in [2.24, 2.45) is 5.73 Å². The molecule has 1 aromatic rings. The zero-order valence-electron chi connectivity index (χ0n) is 11.3. The molecule has 2 aliphatic carbocycles. The van der Waals surface area contributed by atoms with E-state index >= 15 is 0 Å². The molecule has 0 saturated heterocycles. The standard InChI is InChI=1S/C16H24N2/c1-12-4-2-3-5-16(12)13-10-15(11-13)18(9-8-17)14-6-7-14/h2-5,13-15H,6-11,17H2,1H3. The molecule has 18 heavy (non-hydrogen) atoms. The summed E-state index contributed by atoms with van der Waals surface area (Å²) in [5, 5.41) is 0. The van der Waals surface area contributed by atoms with E-state index < -0.39 is 0 Å². The SMILES string of the molecule is Cc1ccccc1C1CC(N(CCN)C2CC2)C1. The minimum absolute atomic E-state index is 0.787. The van der Waals surface area contributed by atoms with Gasteiger partial charge in [0, 0.05) is 25.2 Å². The highest BCUT2D eigenvalue weighted by atomic mass is 15.2. The summed E-state index contributed by atoms with van der Waals surface area (Å²) < 4.78 is 0. The van der Waals surface area contributed by atoms with Gasteiger partial charge in [-0.3, -0.25) is 4.90 Å². The molecule has 0 unspecified atom stereocenters. The Morgan fingerprint density at radius 3 is 2.50 bits per heavy atom. The van der Waals surface area contributed by atoms with Crippen LogP contribution >= 0.6 is 0 Å². The predicted molar refractivity (Wildman–Crippen MR) is 75.7 cm³/mol. The van der Waals surface area contributed by atoms with E-state index in [4.69, 9.17) is 5.73 Å². The largest absolute Gasteiger partial charge is 0.329 e. The van der Waals surface area contributed by atoms with E-state index in [1.54, 1.807) is 5.56 Å². The lowest BCUT2D eigenvalue weighted by atomic mass is 9.74. The van der Waals surface area contributed by atoms with Gasteiger partial charge in [0.2, 0.25) is 0 Å². The number of hydrogen-bond acceptors (Lipinski definition) is 2. The molecule has 0 atom stereocenters. The maximum absolute atomic E-state index is 5.74. The van der Waals surface area contributed by atoms with E-state index in [2.05, 4.69) is 36.1 Å². The Labute approximate surface area is 110 Å². The molecule has 0 aromatic heterocycles. The third-order valence-corrected chi connectivity index (χ3v) is 4.61. The molecule has 0 radical (unpaired) electrons. The van der Waals surface area contributed by atoms with Crippen LogP contribution in [0.1, 0.15) is 42.7 Å². The summed E-state index contributed by atoms with van der Waals surface area (Å²) in [6.45, 7) is 4.14. The topological polar surface area (TPSA) is 29.3 Å². The summed E-state index contributed by atoms with van der Waals surface area (Å²) in [6, 6.07) is 10.5. The van der Waals surface area contributed by atoms with Gasteiger partial charge >= 0.3 is 0 Å². The Bertz CT molecular complexity index is 405. The normalized spacial score (nSPS) is 27.3. The van der Waals surface area contributed by atoms with E-state index in [0.717, 1.165) is 31.1 Å². The van der Waals surface area contributed by atoms with E-state index in [1.165, 1.54) is 31.2 Å². The fraction of sp³-hybridized carbons (Fsp3) is 0.625. The van der Waals surface area contributed by atoms with Crippen molar-refractivity contribution in [2.75, 3.05) is 13.1 Å². The highest BCUT2D eigenvalue weighted by molar-refractivity contribution is 5.31. The average Bonchev–Trinajstić information content (AvgIpc) is 3.12. The summed E-state index contributed by atoms with van der Waals surface area (Å²) in [5.74, 6) is 0.787.